The Morgan fingerprint density at radius 1 is 1.62 bits per heavy atom. The highest BCUT2D eigenvalue weighted by Crippen LogP contribution is 2.23. The van der Waals surface area contributed by atoms with Crippen LogP contribution in [0.1, 0.15) is 38.4 Å². The largest absolute Gasteiger partial charge is 0.853 e. The molecule has 1 aliphatic rings. The Kier molecular flexibility index (Phi) is 3.27. The van der Waals surface area contributed by atoms with Gasteiger partial charge in [-0.15, -0.1) is 0 Å². The summed E-state index contributed by atoms with van der Waals surface area (Å²) in [7, 11) is 1.90. The molecule has 1 heterocycles. The van der Waals surface area contributed by atoms with E-state index in [1.54, 1.807) is 0 Å². The van der Waals surface area contributed by atoms with Crippen LogP contribution in [0.4, 0.5) is 0 Å². The summed E-state index contributed by atoms with van der Waals surface area (Å²) in [5.74, 6) is 0.645. The minimum Gasteiger partial charge on any atom is -0.853 e. The van der Waals surface area contributed by atoms with Gasteiger partial charge < -0.3 is 5.11 Å². The number of nitrogens with zero attached hydrogens (tertiary/aromatic N) is 3. The number of aryl methyl sites for hydroxylation is 2. The molecule has 1 saturated carbocycles. The van der Waals surface area contributed by atoms with Gasteiger partial charge in [0.2, 0.25) is 0 Å². The van der Waals surface area contributed by atoms with Crippen LogP contribution in [0.25, 0.3) is 0 Å². The van der Waals surface area contributed by atoms with Gasteiger partial charge in [0.15, 0.2) is 0 Å². The number of unbranched alkanes of at least 4 members (excludes halogenated alkanes) is 1. The van der Waals surface area contributed by atoms with Crippen LogP contribution in [-0.4, -0.2) is 16.5 Å². The second kappa shape index (κ2) is 4.68. The Bertz CT molecular complexity index is 391. The average molecular weight is 221 g/mol. The van der Waals surface area contributed by atoms with E-state index in [2.05, 4.69) is 11.9 Å². The van der Waals surface area contributed by atoms with Gasteiger partial charge in [0.05, 0.1) is 19.5 Å². The predicted octanol–water partition coefficient (Wildman–Crippen LogP) is 0.382. The smallest absolute Gasteiger partial charge is 0.291 e. The number of hydrogen-bond acceptors (Lipinski definition) is 2. The van der Waals surface area contributed by atoms with Gasteiger partial charge in [0.25, 0.3) is 5.82 Å². The maximum absolute atomic E-state index is 12.0. The van der Waals surface area contributed by atoms with E-state index in [1.807, 2.05) is 28.6 Å². The molecule has 0 radical (unpaired) electrons. The third-order valence-corrected chi connectivity index (χ3v) is 2.87. The van der Waals surface area contributed by atoms with Crippen molar-refractivity contribution in [1.82, 2.24) is 4.57 Å². The molecule has 4 nitrogen and oxygen atoms in total. The summed E-state index contributed by atoms with van der Waals surface area (Å²) in [4.78, 5) is 4.18. The van der Waals surface area contributed by atoms with Gasteiger partial charge in [0, 0.05) is 6.04 Å². The first-order valence-electron chi connectivity index (χ1n) is 6.02. The number of aromatic nitrogens is 2. The number of hydrogen-bond donors (Lipinski definition) is 0. The van der Waals surface area contributed by atoms with Gasteiger partial charge in [-0.3, -0.25) is 4.99 Å². The van der Waals surface area contributed by atoms with E-state index in [-0.39, 0.29) is 5.90 Å². The molecule has 0 N–H and O–H groups in total. The second-order valence-electron chi connectivity index (χ2n) is 4.45. The lowest BCUT2D eigenvalue weighted by atomic mass is 10.3. The minimum absolute atomic E-state index is 0.0638. The van der Waals surface area contributed by atoms with Crippen LogP contribution in [0.3, 0.4) is 0 Å². The lowest BCUT2D eigenvalue weighted by Gasteiger charge is -2.08. The van der Waals surface area contributed by atoms with Gasteiger partial charge in [-0.2, -0.15) is 0 Å². The normalized spacial score (nSPS) is 16.8. The zero-order valence-electron chi connectivity index (χ0n) is 10.0. The molecule has 2 rings (SSSR count). The molecular formula is C12H19N3O. The van der Waals surface area contributed by atoms with Gasteiger partial charge >= 0.3 is 0 Å². The number of rotatable bonds is 5. The van der Waals surface area contributed by atoms with E-state index < -0.39 is 0 Å². The number of aliphatic imine (C=N–C) groups is 1. The van der Waals surface area contributed by atoms with Crippen LogP contribution in [0.5, 0.6) is 0 Å². The van der Waals surface area contributed by atoms with Crippen molar-refractivity contribution in [2.75, 3.05) is 0 Å². The van der Waals surface area contributed by atoms with Crippen LogP contribution in [-0.2, 0) is 13.6 Å². The van der Waals surface area contributed by atoms with E-state index in [9.17, 15) is 5.11 Å². The molecule has 0 aromatic carbocycles. The first kappa shape index (κ1) is 11.2. The molecule has 0 atom stereocenters. The van der Waals surface area contributed by atoms with E-state index in [0.717, 1.165) is 32.2 Å². The molecule has 0 amide bonds. The van der Waals surface area contributed by atoms with E-state index >= 15 is 0 Å². The summed E-state index contributed by atoms with van der Waals surface area (Å²) in [6.07, 6.45) is 8.26. The van der Waals surface area contributed by atoms with Crippen LogP contribution >= 0.6 is 0 Å². The summed E-state index contributed by atoms with van der Waals surface area (Å²) in [5, 5.41) is 12.0. The highest BCUT2D eigenvalue weighted by Gasteiger charge is 2.22. The summed E-state index contributed by atoms with van der Waals surface area (Å²) < 4.78 is 3.88. The molecule has 1 aliphatic carbocycles. The fourth-order valence-electron chi connectivity index (χ4n) is 1.73. The van der Waals surface area contributed by atoms with Gasteiger partial charge in [-0.1, -0.05) is 13.3 Å². The fraction of sp³-hybridized carbons (Fsp3) is 0.667. The van der Waals surface area contributed by atoms with Crippen molar-refractivity contribution in [3.63, 3.8) is 0 Å². The van der Waals surface area contributed by atoms with Crippen molar-refractivity contribution < 1.29 is 9.67 Å². The van der Waals surface area contributed by atoms with E-state index in [4.69, 9.17) is 0 Å². The zero-order chi connectivity index (χ0) is 11.5. The van der Waals surface area contributed by atoms with Crippen molar-refractivity contribution in [2.24, 2.45) is 12.0 Å². The molecular weight excluding hydrogens is 202 g/mol. The Balaban J connectivity index is 2.19. The molecule has 0 bridgehead atoms. The predicted molar refractivity (Wildman–Crippen MR) is 60.1 cm³/mol. The topological polar surface area (TPSA) is 44.2 Å². The van der Waals surface area contributed by atoms with E-state index in [1.165, 1.54) is 0 Å². The lowest BCUT2D eigenvalue weighted by Crippen LogP contribution is -2.40. The third-order valence-electron chi connectivity index (χ3n) is 2.87. The van der Waals surface area contributed by atoms with Crippen molar-refractivity contribution in [3.05, 3.63) is 18.2 Å². The van der Waals surface area contributed by atoms with Crippen LogP contribution in [0.2, 0.25) is 0 Å². The Morgan fingerprint density at radius 2 is 2.38 bits per heavy atom. The third kappa shape index (κ3) is 2.43. The van der Waals surface area contributed by atoms with Crippen LogP contribution < -0.4 is 9.67 Å². The Morgan fingerprint density at radius 3 is 3.00 bits per heavy atom. The first-order chi connectivity index (χ1) is 7.72. The summed E-state index contributed by atoms with van der Waals surface area (Å²) in [6, 6.07) is 0.294. The van der Waals surface area contributed by atoms with Crippen molar-refractivity contribution >= 4 is 5.90 Å². The monoisotopic (exact) mass is 221 g/mol. The zero-order valence-corrected chi connectivity index (χ0v) is 10.0. The molecule has 0 aliphatic heterocycles. The SMILES string of the molecule is CCCCn1cc[n+](C)c1C([O-])=NC1CC1. The lowest BCUT2D eigenvalue weighted by molar-refractivity contribution is -0.674. The molecule has 16 heavy (non-hydrogen) atoms. The molecule has 0 unspecified atom stereocenters. The average Bonchev–Trinajstić information content (AvgIpc) is 2.98. The second-order valence-corrected chi connectivity index (χ2v) is 4.45. The highest BCUT2D eigenvalue weighted by molar-refractivity contribution is 5.85. The number of imidazole rings is 1. The van der Waals surface area contributed by atoms with Crippen molar-refractivity contribution in [1.29, 1.82) is 0 Å². The summed E-state index contributed by atoms with van der Waals surface area (Å²) >= 11 is 0. The molecule has 88 valence electrons. The van der Waals surface area contributed by atoms with Crippen molar-refractivity contribution in [3.8, 4) is 0 Å². The molecule has 1 fully saturated rings. The molecule has 1 aromatic rings. The molecule has 4 heteroatoms. The van der Waals surface area contributed by atoms with Crippen LogP contribution in [0, 0.1) is 0 Å². The maximum Gasteiger partial charge on any atom is 0.291 e. The first-order valence-corrected chi connectivity index (χ1v) is 6.02. The van der Waals surface area contributed by atoms with Gasteiger partial charge in [-0.25, -0.2) is 9.13 Å². The summed E-state index contributed by atoms with van der Waals surface area (Å²) in [5.41, 5.74) is 0. The van der Waals surface area contributed by atoms with Gasteiger partial charge in [-0.05, 0) is 19.3 Å². The van der Waals surface area contributed by atoms with Crippen LogP contribution in [0.15, 0.2) is 17.4 Å². The molecule has 0 spiro atoms. The van der Waals surface area contributed by atoms with E-state index in [0.29, 0.717) is 11.9 Å². The Labute approximate surface area is 96.2 Å². The molecule has 1 aromatic heterocycles. The maximum atomic E-state index is 12.0. The Hall–Kier alpha value is -1.32. The fourth-order valence-corrected chi connectivity index (χ4v) is 1.73. The standard InChI is InChI=1S/C12H19N3O/c1-3-4-7-15-9-8-14(2)12(15)11(16)13-10-5-6-10/h8-10H,3-7H2,1-2H3. The minimum atomic E-state index is -0.0638. The highest BCUT2D eigenvalue weighted by atomic mass is 16.3. The quantitative estimate of drug-likeness (QED) is 0.403. The molecule has 0 saturated heterocycles. The van der Waals surface area contributed by atoms with Crippen molar-refractivity contribution in [2.45, 2.75) is 45.2 Å². The summed E-state index contributed by atoms with van der Waals surface area (Å²) in [6.45, 7) is 3.05. The van der Waals surface area contributed by atoms with Gasteiger partial charge in [0.1, 0.15) is 12.4 Å².